The first-order valence-electron chi connectivity index (χ1n) is 3.70. The molecule has 2 unspecified atom stereocenters. The summed E-state index contributed by atoms with van der Waals surface area (Å²) in [6, 6.07) is 0. The molecule has 0 aliphatic rings. The first-order valence-corrected chi connectivity index (χ1v) is 6.66. The minimum atomic E-state index is -2.41. The van der Waals surface area contributed by atoms with Gasteiger partial charge in [0.1, 0.15) is 14.8 Å². The standard InChI is InChI=1S/C6H9NO5S3.Li.H/c1-6(2,12-15(10)11)5-7-3-4(13-5)14(8)9;;/h3H,1-2H3,(H,8,9)(H,10,11);;/q;+1;-1. The van der Waals surface area contributed by atoms with E-state index in [2.05, 4.69) is 4.98 Å². The van der Waals surface area contributed by atoms with Crippen molar-refractivity contribution in [2.24, 2.45) is 0 Å². The third kappa shape index (κ3) is 4.35. The number of hydrogen-bond donors (Lipinski definition) is 2. The fourth-order valence-corrected chi connectivity index (χ4v) is 2.67. The van der Waals surface area contributed by atoms with Gasteiger partial charge in [-0.1, -0.05) is 0 Å². The molecule has 0 aliphatic carbocycles. The molecule has 88 valence electrons. The second-order valence-electron chi connectivity index (χ2n) is 3.04. The fourth-order valence-electron chi connectivity index (χ4n) is 0.832. The van der Waals surface area contributed by atoms with E-state index < -0.39 is 28.0 Å². The van der Waals surface area contributed by atoms with Crippen molar-refractivity contribution in [3.8, 4) is 0 Å². The van der Waals surface area contributed by atoms with Gasteiger partial charge < -0.3 is 5.98 Å². The molecule has 0 radical (unpaired) electrons. The van der Waals surface area contributed by atoms with Crippen LogP contribution in [0.3, 0.4) is 0 Å². The molecule has 0 spiro atoms. The molecule has 0 aliphatic heterocycles. The summed E-state index contributed by atoms with van der Waals surface area (Å²) in [5, 5.41) is 0.363. The van der Waals surface area contributed by atoms with E-state index in [1.54, 1.807) is 13.8 Å². The summed E-state index contributed by atoms with van der Waals surface area (Å²) in [4.78, 5) is 3.86. The molecule has 0 aromatic carbocycles. The molecule has 2 atom stereocenters. The number of hydrogen-bond acceptors (Lipinski definition) is 5. The van der Waals surface area contributed by atoms with Crippen molar-refractivity contribution in [2.45, 2.75) is 23.7 Å². The van der Waals surface area contributed by atoms with Crippen LogP contribution in [0.1, 0.15) is 20.3 Å². The molecule has 1 rings (SSSR count). The molecule has 1 aromatic heterocycles. The van der Waals surface area contributed by atoms with E-state index in [1.165, 1.54) is 6.20 Å². The van der Waals surface area contributed by atoms with E-state index in [1.807, 2.05) is 0 Å². The topological polar surface area (TPSA) is 96.7 Å². The fraction of sp³-hybridized carbons (Fsp3) is 0.500. The van der Waals surface area contributed by atoms with Gasteiger partial charge >= 0.3 is 30.2 Å². The Morgan fingerprint density at radius 2 is 2.06 bits per heavy atom. The summed E-state index contributed by atoms with van der Waals surface area (Å²) in [7, 11) is 0. The number of rotatable bonds is 4. The molecule has 16 heavy (non-hydrogen) atoms. The van der Waals surface area contributed by atoms with Gasteiger partial charge in [0, 0.05) is 0 Å². The Morgan fingerprint density at radius 1 is 1.50 bits per heavy atom. The van der Waals surface area contributed by atoms with Crippen LogP contribution in [-0.4, -0.2) is 22.5 Å². The molecule has 0 saturated heterocycles. The molecule has 0 amide bonds. The van der Waals surface area contributed by atoms with Gasteiger partial charge in [0.05, 0.1) is 6.20 Å². The van der Waals surface area contributed by atoms with Crippen LogP contribution in [0, 0.1) is 0 Å². The first kappa shape index (κ1) is 16.4. The van der Waals surface area contributed by atoms with Crippen molar-refractivity contribution in [1.29, 1.82) is 0 Å². The number of thiazole rings is 1. The summed E-state index contributed by atoms with van der Waals surface area (Å²) in [5.41, 5.74) is -1.07. The predicted octanol–water partition coefficient (Wildman–Crippen LogP) is -1.77. The summed E-state index contributed by atoms with van der Waals surface area (Å²) < 4.78 is 43.4. The van der Waals surface area contributed by atoms with Crippen LogP contribution >= 0.6 is 11.3 Å². The SMILES string of the molecule is CC(C)(OS(=O)O)c1ncc(S(=O)O)s1.[H-].[Li+]. The predicted molar refractivity (Wildman–Crippen MR) is 57.1 cm³/mol. The normalized spacial score (nSPS) is 15.2. The first-order chi connectivity index (χ1) is 6.83. The summed E-state index contributed by atoms with van der Waals surface area (Å²) in [5.74, 6) is 0. The summed E-state index contributed by atoms with van der Waals surface area (Å²) in [6.45, 7) is 3.09. The second kappa shape index (κ2) is 6.37. The maximum Gasteiger partial charge on any atom is 1.00 e. The van der Waals surface area contributed by atoms with Crippen LogP contribution < -0.4 is 18.9 Å². The van der Waals surface area contributed by atoms with Crippen molar-refractivity contribution in [2.75, 3.05) is 0 Å². The van der Waals surface area contributed by atoms with E-state index in [0.717, 1.165) is 11.3 Å². The van der Waals surface area contributed by atoms with Crippen molar-refractivity contribution in [3.05, 3.63) is 11.2 Å². The average Bonchev–Trinajstić information content (AvgIpc) is 2.48. The summed E-state index contributed by atoms with van der Waals surface area (Å²) in [6.07, 6.45) is 1.24. The number of aromatic nitrogens is 1. The third-order valence-electron chi connectivity index (χ3n) is 1.45. The molecular formula is C6H10LiNO5S3. The molecule has 6 nitrogen and oxygen atoms in total. The van der Waals surface area contributed by atoms with E-state index in [-0.39, 0.29) is 24.5 Å². The van der Waals surface area contributed by atoms with E-state index >= 15 is 0 Å². The van der Waals surface area contributed by atoms with Crippen molar-refractivity contribution in [3.63, 3.8) is 0 Å². The largest absolute Gasteiger partial charge is 1.00 e. The van der Waals surface area contributed by atoms with Crippen LogP contribution in [0.4, 0.5) is 0 Å². The Balaban J connectivity index is 0. The molecule has 2 N–H and O–H groups in total. The van der Waals surface area contributed by atoms with E-state index in [4.69, 9.17) is 13.3 Å². The molecule has 0 saturated carbocycles. The van der Waals surface area contributed by atoms with Crippen LogP contribution in [-0.2, 0) is 32.2 Å². The van der Waals surface area contributed by atoms with Crippen LogP contribution in [0.15, 0.2) is 10.4 Å². The smallest absolute Gasteiger partial charge is 1.00 e. The van der Waals surface area contributed by atoms with E-state index in [0.29, 0.717) is 5.01 Å². The Kier molecular flexibility index (Phi) is 6.53. The molecule has 1 heterocycles. The Bertz CT molecular complexity index is 412. The minimum Gasteiger partial charge on any atom is -1.00 e. The van der Waals surface area contributed by atoms with Gasteiger partial charge in [-0.3, -0.25) is 8.74 Å². The molecule has 10 heteroatoms. The average molecular weight is 279 g/mol. The van der Waals surface area contributed by atoms with Crippen molar-refractivity contribution < 1.29 is 42.0 Å². The molecule has 1 aromatic rings. The summed E-state index contributed by atoms with van der Waals surface area (Å²) >= 11 is -3.54. The van der Waals surface area contributed by atoms with Gasteiger partial charge in [0.2, 0.25) is 0 Å². The van der Waals surface area contributed by atoms with Gasteiger partial charge in [-0.15, -0.1) is 11.3 Å². The van der Waals surface area contributed by atoms with Crippen LogP contribution in [0.25, 0.3) is 0 Å². The Morgan fingerprint density at radius 3 is 2.44 bits per heavy atom. The monoisotopic (exact) mass is 279 g/mol. The molecular weight excluding hydrogens is 269 g/mol. The molecule has 0 bridgehead atoms. The second-order valence-corrected chi connectivity index (χ2v) is 5.87. The van der Waals surface area contributed by atoms with Gasteiger partial charge in [-0.05, 0) is 13.8 Å². The Hall–Kier alpha value is 0.407. The van der Waals surface area contributed by atoms with Gasteiger partial charge in [0.25, 0.3) is 0 Å². The van der Waals surface area contributed by atoms with Gasteiger partial charge in [-0.25, -0.2) is 9.19 Å². The quantitative estimate of drug-likeness (QED) is 0.500. The zero-order chi connectivity index (χ0) is 11.6. The maximum absolute atomic E-state index is 10.7. The number of nitrogens with zero attached hydrogens (tertiary/aromatic N) is 1. The van der Waals surface area contributed by atoms with E-state index in [9.17, 15) is 8.42 Å². The zero-order valence-electron chi connectivity index (χ0n) is 9.87. The van der Waals surface area contributed by atoms with Crippen molar-refractivity contribution >= 4 is 33.8 Å². The zero-order valence-corrected chi connectivity index (χ0v) is 11.3. The van der Waals surface area contributed by atoms with Gasteiger partial charge in [0.15, 0.2) is 11.1 Å². The van der Waals surface area contributed by atoms with Crippen LogP contribution in [0.5, 0.6) is 0 Å². The third-order valence-corrected chi connectivity index (χ3v) is 4.23. The Labute approximate surface area is 115 Å². The maximum atomic E-state index is 10.7. The van der Waals surface area contributed by atoms with Crippen LogP contribution in [0.2, 0.25) is 0 Å². The molecule has 0 fully saturated rings. The van der Waals surface area contributed by atoms with Crippen molar-refractivity contribution in [1.82, 2.24) is 4.98 Å². The minimum absolute atomic E-state index is 0. The van der Waals surface area contributed by atoms with Gasteiger partial charge in [-0.2, -0.15) is 4.21 Å².